The van der Waals surface area contributed by atoms with Crippen molar-refractivity contribution >= 4 is 10.0 Å². The number of sulfonamides is 1. The first-order valence-corrected chi connectivity index (χ1v) is 8.49. The molecule has 0 aromatic heterocycles. The molecule has 0 saturated heterocycles. The van der Waals surface area contributed by atoms with Crippen LogP contribution in [0, 0.1) is 17.7 Å². The number of hydrogen-bond acceptors (Lipinski definition) is 3. The van der Waals surface area contributed by atoms with Gasteiger partial charge >= 0.3 is 0 Å². The number of nitrogens with one attached hydrogen (secondary N) is 1. The summed E-state index contributed by atoms with van der Waals surface area (Å²) < 4.78 is 44.4. The van der Waals surface area contributed by atoms with Crippen molar-refractivity contribution in [1.29, 1.82) is 0 Å². The lowest BCUT2D eigenvalue weighted by atomic mass is 10.2. The largest absolute Gasteiger partial charge is 0.495 e. The zero-order valence-electron chi connectivity index (χ0n) is 12.5. The molecule has 4 nitrogen and oxygen atoms in total. The van der Waals surface area contributed by atoms with E-state index >= 15 is 0 Å². The number of ether oxygens (including phenoxy) is 1. The molecule has 0 radical (unpaired) electrons. The summed E-state index contributed by atoms with van der Waals surface area (Å²) in [6, 6.07) is 12.7. The first-order chi connectivity index (χ1) is 11.0. The number of rotatable bonds is 5. The lowest BCUT2D eigenvalue weighted by Gasteiger charge is -2.04. The molecular weight excluding hydrogens is 317 g/mol. The summed E-state index contributed by atoms with van der Waals surface area (Å²) in [5.41, 5.74) is 1.06. The monoisotopic (exact) mass is 333 g/mol. The van der Waals surface area contributed by atoms with Crippen molar-refractivity contribution in [1.82, 2.24) is 4.72 Å². The maximum absolute atomic E-state index is 13.1. The average Bonchev–Trinajstić information content (AvgIpc) is 2.51. The molecule has 0 amide bonds. The van der Waals surface area contributed by atoms with Crippen LogP contribution in [0.4, 0.5) is 4.39 Å². The number of para-hydroxylation sites is 1. The van der Waals surface area contributed by atoms with Crippen LogP contribution in [0.3, 0.4) is 0 Å². The minimum Gasteiger partial charge on any atom is -0.495 e. The molecule has 0 aliphatic carbocycles. The Morgan fingerprint density at radius 1 is 1.17 bits per heavy atom. The van der Waals surface area contributed by atoms with Gasteiger partial charge in [0.1, 0.15) is 11.6 Å². The van der Waals surface area contributed by atoms with Gasteiger partial charge < -0.3 is 4.74 Å². The molecule has 0 bridgehead atoms. The third kappa shape index (κ3) is 5.40. The molecule has 1 N–H and O–H groups in total. The second-order valence-corrected chi connectivity index (χ2v) is 6.52. The van der Waals surface area contributed by atoms with Crippen LogP contribution in [-0.4, -0.2) is 22.1 Å². The Hall–Kier alpha value is -2.36. The third-order valence-corrected chi connectivity index (χ3v) is 4.25. The van der Waals surface area contributed by atoms with E-state index in [1.54, 1.807) is 25.3 Å². The predicted octanol–water partition coefficient (Wildman–Crippen LogP) is 2.31. The molecule has 0 fully saturated rings. The maximum atomic E-state index is 13.1. The lowest BCUT2D eigenvalue weighted by Crippen LogP contribution is -2.25. The quantitative estimate of drug-likeness (QED) is 0.854. The Kier molecular flexibility index (Phi) is 5.74. The highest BCUT2D eigenvalue weighted by Gasteiger charge is 2.10. The van der Waals surface area contributed by atoms with E-state index < -0.39 is 15.8 Å². The molecule has 0 unspecified atom stereocenters. The highest BCUT2D eigenvalue weighted by Crippen LogP contribution is 2.15. The second kappa shape index (κ2) is 7.77. The van der Waals surface area contributed by atoms with E-state index in [0.29, 0.717) is 16.9 Å². The van der Waals surface area contributed by atoms with Gasteiger partial charge in [-0.2, -0.15) is 0 Å². The summed E-state index contributed by atoms with van der Waals surface area (Å²) >= 11 is 0. The van der Waals surface area contributed by atoms with Crippen LogP contribution in [0.25, 0.3) is 0 Å². The van der Waals surface area contributed by atoms with Crippen LogP contribution in [0.1, 0.15) is 11.1 Å². The van der Waals surface area contributed by atoms with Crippen molar-refractivity contribution in [3.8, 4) is 17.6 Å². The highest BCUT2D eigenvalue weighted by molar-refractivity contribution is 7.88. The van der Waals surface area contributed by atoms with Gasteiger partial charge in [-0.25, -0.2) is 17.5 Å². The zero-order valence-corrected chi connectivity index (χ0v) is 13.4. The van der Waals surface area contributed by atoms with Gasteiger partial charge in [-0.05, 0) is 29.8 Å². The first kappa shape index (κ1) is 17.0. The smallest absolute Gasteiger partial charge is 0.216 e. The Labute approximate surface area is 135 Å². The average molecular weight is 333 g/mol. The Morgan fingerprint density at radius 3 is 2.70 bits per heavy atom. The summed E-state index contributed by atoms with van der Waals surface area (Å²) in [5.74, 6) is 5.46. The van der Waals surface area contributed by atoms with E-state index in [0.717, 1.165) is 0 Å². The van der Waals surface area contributed by atoms with Gasteiger partial charge in [0, 0.05) is 0 Å². The molecular formula is C17H16FNO3S. The van der Waals surface area contributed by atoms with Crippen LogP contribution in [0.5, 0.6) is 5.75 Å². The van der Waals surface area contributed by atoms with E-state index in [9.17, 15) is 12.8 Å². The minimum absolute atomic E-state index is 0.0320. The predicted molar refractivity (Wildman–Crippen MR) is 86.9 cm³/mol. The van der Waals surface area contributed by atoms with Crippen molar-refractivity contribution < 1.29 is 17.5 Å². The third-order valence-electron chi connectivity index (χ3n) is 2.96. The summed E-state index contributed by atoms with van der Waals surface area (Å²) in [7, 11) is -2.03. The van der Waals surface area contributed by atoms with Crippen molar-refractivity contribution in [3.63, 3.8) is 0 Å². The van der Waals surface area contributed by atoms with Crippen LogP contribution in [0.15, 0.2) is 48.5 Å². The van der Waals surface area contributed by atoms with Crippen LogP contribution >= 0.6 is 0 Å². The maximum Gasteiger partial charge on any atom is 0.216 e. The fraction of sp³-hybridized carbons (Fsp3) is 0.176. The van der Waals surface area contributed by atoms with Gasteiger partial charge in [-0.1, -0.05) is 36.1 Å². The molecule has 0 saturated carbocycles. The van der Waals surface area contributed by atoms with Crippen molar-refractivity contribution in [3.05, 3.63) is 65.5 Å². The lowest BCUT2D eigenvalue weighted by molar-refractivity contribution is 0.413. The topological polar surface area (TPSA) is 55.4 Å². The van der Waals surface area contributed by atoms with Gasteiger partial charge in [0.2, 0.25) is 10.0 Å². The number of halogens is 1. The molecule has 0 aliphatic heterocycles. The number of hydrogen-bond donors (Lipinski definition) is 1. The fourth-order valence-corrected chi connectivity index (χ4v) is 2.94. The highest BCUT2D eigenvalue weighted by atomic mass is 32.2. The van der Waals surface area contributed by atoms with Gasteiger partial charge in [0.05, 0.1) is 25.0 Å². The summed E-state index contributed by atoms with van der Waals surface area (Å²) in [6.45, 7) is -0.0320. The first-order valence-electron chi connectivity index (χ1n) is 6.84. The molecule has 120 valence electrons. The molecule has 2 rings (SSSR count). The summed E-state index contributed by atoms with van der Waals surface area (Å²) in [6.07, 6.45) is 0. The zero-order chi connectivity index (χ0) is 16.7. The Balaban J connectivity index is 1.97. The molecule has 2 aromatic rings. The molecule has 0 heterocycles. The Morgan fingerprint density at radius 2 is 1.96 bits per heavy atom. The molecule has 0 spiro atoms. The summed E-state index contributed by atoms with van der Waals surface area (Å²) in [4.78, 5) is 0. The standard InChI is InChI=1S/C17H16FNO3S/c1-22-17-10-3-2-7-15(17)8-5-11-19-23(20,21)13-14-6-4-9-16(18)12-14/h2-4,6-7,9-10,12,19H,11,13H2,1H3. The molecule has 0 aliphatic rings. The van der Waals surface area contributed by atoms with Crippen LogP contribution in [0.2, 0.25) is 0 Å². The SMILES string of the molecule is COc1ccccc1C#CCNS(=O)(=O)Cc1cccc(F)c1. The molecule has 6 heteroatoms. The van der Waals surface area contributed by atoms with Crippen molar-refractivity contribution in [2.45, 2.75) is 5.75 Å². The normalized spacial score (nSPS) is 10.7. The fourth-order valence-electron chi connectivity index (χ4n) is 1.93. The van der Waals surface area contributed by atoms with Crippen LogP contribution in [-0.2, 0) is 15.8 Å². The van der Waals surface area contributed by atoms with Crippen molar-refractivity contribution in [2.75, 3.05) is 13.7 Å². The van der Waals surface area contributed by atoms with Gasteiger partial charge in [0.15, 0.2) is 0 Å². The van der Waals surface area contributed by atoms with E-state index in [1.165, 1.54) is 18.2 Å². The minimum atomic E-state index is -3.57. The number of methoxy groups -OCH3 is 1. The van der Waals surface area contributed by atoms with Gasteiger partial charge in [-0.15, -0.1) is 0 Å². The van der Waals surface area contributed by atoms with E-state index in [2.05, 4.69) is 16.6 Å². The van der Waals surface area contributed by atoms with Crippen LogP contribution < -0.4 is 9.46 Å². The molecule has 0 atom stereocenters. The van der Waals surface area contributed by atoms with Crippen molar-refractivity contribution in [2.24, 2.45) is 0 Å². The van der Waals surface area contributed by atoms with Gasteiger partial charge in [-0.3, -0.25) is 0 Å². The van der Waals surface area contributed by atoms with E-state index in [4.69, 9.17) is 4.74 Å². The molecule has 2 aromatic carbocycles. The second-order valence-electron chi connectivity index (χ2n) is 4.71. The molecule has 23 heavy (non-hydrogen) atoms. The summed E-state index contributed by atoms with van der Waals surface area (Å²) in [5, 5.41) is 0. The Bertz CT molecular complexity index is 838. The van der Waals surface area contributed by atoms with E-state index in [-0.39, 0.29) is 12.3 Å². The van der Waals surface area contributed by atoms with E-state index in [1.807, 2.05) is 12.1 Å². The number of benzene rings is 2. The van der Waals surface area contributed by atoms with Gasteiger partial charge in [0.25, 0.3) is 0 Å².